The maximum absolute atomic E-state index is 6.08. The first-order chi connectivity index (χ1) is 12.9. The SMILES string of the molecule is CC(C)[C@H](C[C@]1(Cc2ccccc2)CCOC(C)(C)C1)NCc1ccco1. The maximum Gasteiger partial charge on any atom is 0.117 e. The van der Waals surface area contributed by atoms with E-state index < -0.39 is 0 Å². The normalized spacial score (nSPS) is 23.4. The Hall–Kier alpha value is -1.58. The average molecular weight is 370 g/mol. The van der Waals surface area contributed by atoms with Gasteiger partial charge in [0.1, 0.15) is 5.76 Å². The Balaban J connectivity index is 1.77. The molecule has 3 heteroatoms. The van der Waals surface area contributed by atoms with Crippen LogP contribution in [-0.2, 0) is 17.7 Å². The maximum atomic E-state index is 6.08. The molecule has 1 aliphatic heterocycles. The van der Waals surface area contributed by atoms with Crippen LogP contribution in [0.2, 0.25) is 0 Å². The number of benzene rings is 1. The highest BCUT2D eigenvalue weighted by molar-refractivity contribution is 5.17. The molecule has 0 bridgehead atoms. The highest BCUT2D eigenvalue weighted by Crippen LogP contribution is 2.45. The van der Waals surface area contributed by atoms with Gasteiger partial charge in [-0.25, -0.2) is 0 Å². The molecular weight excluding hydrogens is 334 g/mol. The lowest BCUT2D eigenvalue weighted by Crippen LogP contribution is -2.47. The number of nitrogens with one attached hydrogen (secondary N) is 1. The van der Waals surface area contributed by atoms with Gasteiger partial charge in [0.25, 0.3) is 0 Å². The van der Waals surface area contributed by atoms with Gasteiger partial charge in [-0.1, -0.05) is 44.2 Å². The van der Waals surface area contributed by atoms with Gasteiger partial charge in [-0.05, 0) is 68.6 Å². The van der Waals surface area contributed by atoms with Crippen LogP contribution >= 0.6 is 0 Å². The molecule has 148 valence electrons. The Kier molecular flexibility index (Phi) is 6.44. The van der Waals surface area contributed by atoms with E-state index in [9.17, 15) is 0 Å². The summed E-state index contributed by atoms with van der Waals surface area (Å²) < 4.78 is 11.6. The van der Waals surface area contributed by atoms with Gasteiger partial charge in [0.2, 0.25) is 0 Å². The summed E-state index contributed by atoms with van der Waals surface area (Å²) in [4.78, 5) is 0. The average Bonchev–Trinajstić information content (AvgIpc) is 3.12. The van der Waals surface area contributed by atoms with Crippen LogP contribution in [0.1, 0.15) is 58.3 Å². The molecule has 2 aromatic rings. The molecule has 1 aromatic carbocycles. The molecule has 1 aromatic heterocycles. The van der Waals surface area contributed by atoms with Gasteiger partial charge in [-0.15, -0.1) is 0 Å². The lowest BCUT2D eigenvalue weighted by Gasteiger charge is -2.47. The molecule has 1 N–H and O–H groups in total. The van der Waals surface area contributed by atoms with Gasteiger partial charge < -0.3 is 14.5 Å². The van der Waals surface area contributed by atoms with E-state index in [1.165, 1.54) is 5.56 Å². The van der Waals surface area contributed by atoms with Crippen LogP contribution in [-0.4, -0.2) is 18.2 Å². The second-order valence-corrected chi connectivity index (χ2v) is 9.21. The first-order valence-corrected chi connectivity index (χ1v) is 10.3. The van der Waals surface area contributed by atoms with Crippen molar-refractivity contribution in [3.05, 3.63) is 60.1 Å². The van der Waals surface area contributed by atoms with Crippen LogP contribution in [0.25, 0.3) is 0 Å². The topological polar surface area (TPSA) is 34.4 Å². The van der Waals surface area contributed by atoms with Crippen LogP contribution < -0.4 is 5.32 Å². The molecule has 0 aliphatic carbocycles. The second-order valence-electron chi connectivity index (χ2n) is 9.21. The number of rotatable bonds is 8. The molecule has 3 nitrogen and oxygen atoms in total. The molecule has 2 heterocycles. The van der Waals surface area contributed by atoms with Crippen molar-refractivity contribution in [2.45, 2.75) is 71.6 Å². The highest BCUT2D eigenvalue weighted by Gasteiger charge is 2.42. The van der Waals surface area contributed by atoms with Crippen molar-refractivity contribution in [2.24, 2.45) is 11.3 Å². The molecule has 0 saturated carbocycles. The third kappa shape index (κ3) is 5.70. The standard InChI is InChI=1S/C24H35NO2/c1-19(2)22(25-17-21-11-8-13-26-21)16-24(12-14-27-23(3,4)18-24)15-20-9-6-5-7-10-20/h5-11,13,19,22,25H,12,14-18H2,1-4H3/t22-,24+/m0/s1. The van der Waals surface area contributed by atoms with E-state index in [1.807, 2.05) is 12.1 Å². The minimum absolute atomic E-state index is 0.0599. The van der Waals surface area contributed by atoms with Crippen molar-refractivity contribution in [1.82, 2.24) is 5.32 Å². The van der Waals surface area contributed by atoms with Crippen LogP contribution in [0.5, 0.6) is 0 Å². The summed E-state index contributed by atoms with van der Waals surface area (Å²) in [6.07, 6.45) is 6.25. The van der Waals surface area contributed by atoms with Crippen molar-refractivity contribution in [3.63, 3.8) is 0 Å². The van der Waals surface area contributed by atoms with Gasteiger partial charge in [0.15, 0.2) is 0 Å². The summed E-state index contributed by atoms with van der Waals surface area (Å²) in [5.74, 6) is 1.57. The minimum Gasteiger partial charge on any atom is -0.468 e. The third-order valence-electron chi connectivity index (χ3n) is 5.92. The summed E-state index contributed by atoms with van der Waals surface area (Å²) in [5.41, 5.74) is 1.63. The van der Waals surface area contributed by atoms with Crippen LogP contribution in [0, 0.1) is 11.3 Å². The predicted octanol–water partition coefficient (Wildman–Crippen LogP) is 5.60. The fourth-order valence-electron chi connectivity index (χ4n) is 4.67. The van der Waals surface area contributed by atoms with Crippen LogP contribution in [0.15, 0.2) is 53.1 Å². The number of hydrogen-bond donors (Lipinski definition) is 1. The first-order valence-electron chi connectivity index (χ1n) is 10.3. The van der Waals surface area contributed by atoms with Crippen molar-refractivity contribution in [1.29, 1.82) is 0 Å². The summed E-state index contributed by atoms with van der Waals surface area (Å²) >= 11 is 0. The van der Waals surface area contributed by atoms with E-state index in [1.54, 1.807) is 6.26 Å². The fraction of sp³-hybridized carbons (Fsp3) is 0.583. The zero-order valence-corrected chi connectivity index (χ0v) is 17.3. The summed E-state index contributed by atoms with van der Waals surface area (Å²) in [6.45, 7) is 10.8. The Morgan fingerprint density at radius 2 is 1.85 bits per heavy atom. The van der Waals surface area contributed by atoms with E-state index in [0.29, 0.717) is 12.0 Å². The molecule has 0 amide bonds. The van der Waals surface area contributed by atoms with Gasteiger partial charge >= 0.3 is 0 Å². The minimum atomic E-state index is -0.0599. The van der Waals surface area contributed by atoms with E-state index >= 15 is 0 Å². The van der Waals surface area contributed by atoms with Crippen molar-refractivity contribution < 1.29 is 9.15 Å². The lowest BCUT2D eigenvalue weighted by molar-refractivity contribution is -0.110. The van der Waals surface area contributed by atoms with Gasteiger partial charge in [-0.3, -0.25) is 0 Å². The van der Waals surface area contributed by atoms with Crippen molar-refractivity contribution in [3.8, 4) is 0 Å². The second kappa shape index (κ2) is 8.62. The summed E-state index contributed by atoms with van der Waals surface area (Å²) in [5, 5.41) is 3.77. The number of ether oxygens (including phenoxy) is 1. The molecule has 1 saturated heterocycles. The quantitative estimate of drug-likeness (QED) is 0.657. The Morgan fingerprint density at radius 1 is 1.07 bits per heavy atom. The molecule has 2 atom stereocenters. The Morgan fingerprint density at radius 3 is 2.48 bits per heavy atom. The van der Waals surface area contributed by atoms with E-state index in [0.717, 1.165) is 44.6 Å². The molecule has 3 rings (SSSR count). The number of hydrogen-bond acceptors (Lipinski definition) is 3. The van der Waals surface area contributed by atoms with Crippen molar-refractivity contribution in [2.75, 3.05) is 6.61 Å². The zero-order chi connectivity index (χ0) is 19.3. The molecule has 0 radical (unpaired) electrons. The predicted molar refractivity (Wildman–Crippen MR) is 111 cm³/mol. The van der Waals surface area contributed by atoms with Crippen LogP contribution in [0.3, 0.4) is 0 Å². The first kappa shape index (κ1) is 20.2. The molecule has 0 unspecified atom stereocenters. The fourth-order valence-corrected chi connectivity index (χ4v) is 4.67. The number of furan rings is 1. The summed E-state index contributed by atoms with van der Waals surface area (Å²) in [6, 6.07) is 15.4. The molecule has 0 spiro atoms. The van der Waals surface area contributed by atoms with E-state index in [-0.39, 0.29) is 11.0 Å². The van der Waals surface area contributed by atoms with Gasteiger partial charge in [0, 0.05) is 12.6 Å². The molecular formula is C24H35NO2. The summed E-state index contributed by atoms with van der Waals surface area (Å²) in [7, 11) is 0. The van der Waals surface area contributed by atoms with E-state index in [4.69, 9.17) is 9.15 Å². The zero-order valence-electron chi connectivity index (χ0n) is 17.3. The Labute approximate surface area is 164 Å². The van der Waals surface area contributed by atoms with Crippen LogP contribution in [0.4, 0.5) is 0 Å². The largest absolute Gasteiger partial charge is 0.468 e. The third-order valence-corrected chi connectivity index (χ3v) is 5.92. The molecule has 1 aliphatic rings. The van der Waals surface area contributed by atoms with Crippen molar-refractivity contribution >= 4 is 0 Å². The van der Waals surface area contributed by atoms with Gasteiger partial charge in [0.05, 0.1) is 18.4 Å². The highest BCUT2D eigenvalue weighted by atomic mass is 16.5. The lowest BCUT2D eigenvalue weighted by atomic mass is 9.66. The smallest absolute Gasteiger partial charge is 0.117 e. The monoisotopic (exact) mass is 369 g/mol. The molecule has 27 heavy (non-hydrogen) atoms. The Bertz CT molecular complexity index is 678. The van der Waals surface area contributed by atoms with Gasteiger partial charge in [-0.2, -0.15) is 0 Å². The molecule has 1 fully saturated rings. The van der Waals surface area contributed by atoms with E-state index in [2.05, 4.69) is 63.3 Å².